The number of nitrogens with one attached hydrogen (secondary N) is 1. The van der Waals surface area contributed by atoms with Gasteiger partial charge in [0.2, 0.25) is 15.9 Å². The van der Waals surface area contributed by atoms with Gasteiger partial charge in [-0.15, -0.1) is 0 Å². The largest absolute Gasteiger partial charge is 0.494 e. The van der Waals surface area contributed by atoms with E-state index in [1.807, 2.05) is 31.2 Å². The Morgan fingerprint density at radius 1 is 1.06 bits per heavy atom. The second kappa shape index (κ2) is 10.5. The van der Waals surface area contributed by atoms with E-state index in [9.17, 15) is 26.4 Å². The molecule has 0 atom stereocenters. The zero-order valence-electron chi connectivity index (χ0n) is 18.1. The summed E-state index contributed by atoms with van der Waals surface area (Å²) in [6.07, 6.45) is -4.66. The number of alkyl halides is 3. The van der Waals surface area contributed by atoms with Crippen molar-refractivity contribution in [2.24, 2.45) is 0 Å². The van der Waals surface area contributed by atoms with E-state index in [4.69, 9.17) is 4.74 Å². The van der Waals surface area contributed by atoms with E-state index in [0.29, 0.717) is 38.9 Å². The number of rotatable bonds is 8. The van der Waals surface area contributed by atoms with Crippen LogP contribution in [-0.2, 0) is 27.5 Å². The van der Waals surface area contributed by atoms with Crippen molar-refractivity contribution in [3.8, 4) is 5.75 Å². The lowest BCUT2D eigenvalue weighted by Gasteiger charge is -2.34. The molecule has 3 rings (SSSR count). The van der Waals surface area contributed by atoms with Crippen LogP contribution in [0, 0.1) is 0 Å². The number of nitrogens with zero attached hydrogens (tertiary/aromatic N) is 2. The van der Waals surface area contributed by atoms with E-state index >= 15 is 0 Å². The van der Waals surface area contributed by atoms with Gasteiger partial charge in [0.25, 0.3) is 0 Å². The number of amides is 1. The molecule has 1 aliphatic heterocycles. The summed E-state index contributed by atoms with van der Waals surface area (Å²) in [4.78, 5) is 15.6. The van der Waals surface area contributed by atoms with Crippen LogP contribution in [-0.4, -0.2) is 63.5 Å². The molecular formula is C22H26F3N3O4S. The normalized spacial score (nSPS) is 15.5. The molecule has 1 N–H and O–H groups in total. The molecule has 1 saturated heterocycles. The summed E-state index contributed by atoms with van der Waals surface area (Å²) in [6, 6.07) is 11.2. The van der Waals surface area contributed by atoms with Gasteiger partial charge >= 0.3 is 6.18 Å². The number of benzene rings is 2. The first kappa shape index (κ1) is 25.0. The summed E-state index contributed by atoms with van der Waals surface area (Å²) in [6.45, 7) is 4.84. The molecule has 2 aromatic carbocycles. The summed E-state index contributed by atoms with van der Waals surface area (Å²) in [5.41, 5.74) is 0.0485. The Kier molecular flexibility index (Phi) is 7.98. The maximum Gasteiger partial charge on any atom is 0.416 e. The molecule has 0 spiro atoms. The first-order chi connectivity index (χ1) is 15.6. The van der Waals surface area contributed by atoms with Gasteiger partial charge in [0.15, 0.2) is 0 Å². The van der Waals surface area contributed by atoms with E-state index < -0.39 is 39.1 Å². The lowest BCUT2D eigenvalue weighted by atomic mass is 10.2. The minimum absolute atomic E-state index is 0.425. The molecule has 33 heavy (non-hydrogen) atoms. The number of carbonyl (C=O) groups is 1. The number of hydrogen-bond acceptors (Lipinski definition) is 5. The van der Waals surface area contributed by atoms with Gasteiger partial charge in [0, 0.05) is 32.7 Å². The number of carbonyl (C=O) groups excluding carboxylic acids is 1. The monoisotopic (exact) mass is 485 g/mol. The molecule has 7 nitrogen and oxygen atoms in total. The highest BCUT2D eigenvalue weighted by atomic mass is 32.2. The molecule has 1 aliphatic rings. The van der Waals surface area contributed by atoms with Gasteiger partial charge in [-0.05, 0) is 42.8 Å². The van der Waals surface area contributed by atoms with Crippen LogP contribution < -0.4 is 9.46 Å². The minimum Gasteiger partial charge on any atom is -0.494 e. The van der Waals surface area contributed by atoms with Crippen molar-refractivity contribution in [2.75, 3.05) is 39.3 Å². The quantitative estimate of drug-likeness (QED) is 0.622. The minimum atomic E-state index is -4.66. The van der Waals surface area contributed by atoms with Gasteiger partial charge in [-0.3, -0.25) is 9.69 Å². The van der Waals surface area contributed by atoms with E-state index in [2.05, 4.69) is 9.62 Å². The Morgan fingerprint density at radius 2 is 1.73 bits per heavy atom. The number of ether oxygens (including phenoxy) is 1. The standard InChI is InChI=1S/C22H26F3N3O4S/c1-2-32-19-8-6-17(7-9-19)16-27-10-12-28(13-11-27)21(29)15-26-33(30,31)20-5-3-4-18(14-20)22(23,24)25/h3-9,14,26H,2,10-13,15-16H2,1H3. The summed E-state index contributed by atoms with van der Waals surface area (Å²) in [5.74, 6) is 0.385. The Labute approximate surface area is 191 Å². The summed E-state index contributed by atoms with van der Waals surface area (Å²) in [7, 11) is -4.25. The molecule has 0 radical (unpaired) electrons. The van der Waals surface area contributed by atoms with Crippen LogP contribution in [0.25, 0.3) is 0 Å². The van der Waals surface area contributed by atoms with Crippen LogP contribution in [0.15, 0.2) is 53.4 Å². The maximum atomic E-state index is 12.8. The molecule has 1 fully saturated rings. The van der Waals surface area contributed by atoms with Gasteiger partial charge in [0.05, 0.1) is 23.6 Å². The molecule has 1 amide bonds. The van der Waals surface area contributed by atoms with Gasteiger partial charge in [-0.25, -0.2) is 13.1 Å². The van der Waals surface area contributed by atoms with Crippen molar-refractivity contribution in [3.63, 3.8) is 0 Å². The molecule has 180 valence electrons. The van der Waals surface area contributed by atoms with Crippen LogP contribution in [0.5, 0.6) is 5.75 Å². The number of hydrogen-bond donors (Lipinski definition) is 1. The highest BCUT2D eigenvalue weighted by Crippen LogP contribution is 2.30. The fourth-order valence-corrected chi connectivity index (χ4v) is 4.48. The SMILES string of the molecule is CCOc1ccc(CN2CCN(C(=O)CNS(=O)(=O)c3cccc(C(F)(F)F)c3)CC2)cc1. The maximum absolute atomic E-state index is 12.8. The zero-order valence-corrected chi connectivity index (χ0v) is 19.0. The van der Waals surface area contributed by atoms with Gasteiger partial charge in [-0.2, -0.15) is 13.2 Å². The fourth-order valence-electron chi connectivity index (χ4n) is 3.46. The van der Waals surface area contributed by atoms with Crippen molar-refractivity contribution < 1.29 is 31.1 Å². The molecule has 0 unspecified atom stereocenters. The summed E-state index contributed by atoms with van der Waals surface area (Å²) in [5, 5.41) is 0. The van der Waals surface area contributed by atoms with E-state index in [-0.39, 0.29) is 0 Å². The third-order valence-corrected chi connectivity index (χ3v) is 6.65. The smallest absolute Gasteiger partial charge is 0.416 e. The highest BCUT2D eigenvalue weighted by molar-refractivity contribution is 7.89. The summed E-state index contributed by atoms with van der Waals surface area (Å²) >= 11 is 0. The second-order valence-electron chi connectivity index (χ2n) is 7.58. The van der Waals surface area contributed by atoms with Crippen molar-refractivity contribution in [1.29, 1.82) is 0 Å². The van der Waals surface area contributed by atoms with E-state index in [0.717, 1.165) is 36.1 Å². The predicted molar refractivity (Wildman–Crippen MR) is 116 cm³/mol. The third kappa shape index (κ3) is 6.92. The molecule has 0 bridgehead atoms. The number of piperazine rings is 1. The van der Waals surface area contributed by atoms with Crippen molar-refractivity contribution >= 4 is 15.9 Å². The van der Waals surface area contributed by atoms with Crippen molar-refractivity contribution in [1.82, 2.24) is 14.5 Å². The number of sulfonamides is 1. The van der Waals surface area contributed by atoms with Crippen LogP contribution in [0.4, 0.5) is 13.2 Å². The predicted octanol–water partition coefficient (Wildman–Crippen LogP) is 2.73. The first-order valence-corrected chi connectivity index (χ1v) is 12.0. The Hall–Kier alpha value is -2.63. The zero-order chi connectivity index (χ0) is 24.1. The molecule has 0 aliphatic carbocycles. The van der Waals surface area contributed by atoms with Crippen molar-refractivity contribution in [3.05, 3.63) is 59.7 Å². The van der Waals surface area contributed by atoms with Crippen LogP contribution in [0.3, 0.4) is 0 Å². The summed E-state index contributed by atoms with van der Waals surface area (Å²) < 4.78 is 70.8. The molecular weight excluding hydrogens is 459 g/mol. The molecule has 0 aromatic heterocycles. The highest BCUT2D eigenvalue weighted by Gasteiger charge is 2.32. The first-order valence-electron chi connectivity index (χ1n) is 10.5. The number of halogens is 3. The van der Waals surface area contributed by atoms with Gasteiger partial charge in [-0.1, -0.05) is 18.2 Å². The van der Waals surface area contributed by atoms with Crippen LogP contribution >= 0.6 is 0 Å². The molecule has 11 heteroatoms. The van der Waals surface area contributed by atoms with Gasteiger partial charge in [0.1, 0.15) is 5.75 Å². The fraction of sp³-hybridized carbons (Fsp3) is 0.409. The second-order valence-corrected chi connectivity index (χ2v) is 9.35. The lowest BCUT2D eigenvalue weighted by Crippen LogP contribution is -2.50. The average molecular weight is 486 g/mol. The Bertz CT molecular complexity index is 1050. The Balaban J connectivity index is 1.49. The van der Waals surface area contributed by atoms with E-state index in [1.165, 1.54) is 0 Å². The van der Waals surface area contributed by atoms with Gasteiger partial charge < -0.3 is 9.64 Å². The topological polar surface area (TPSA) is 79.0 Å². The third-order valence-electron chi connectivity index (χ3n) is 5.25. The van der Waals surface area contributed by atoms with Crippen molar-refractivity contribution in [2.45, 2.75) is 24.5 Å². The van der Waals surface area contributed by atoms with E-state index in [1.54, 1.807) is 4.90 Å². The average Bonchev–Trinajstić information content (AvgIpc) is 2.79. The lowest BCUT2D eigenvalue weighted by molar-refractivity contribution is -0.137. The molecule has 0 saturated carbocycles. The Morgan fingerprint density at radius 3 is 2.33 bits per heavy atom. The van der Waals surface area contributed by atoms with Crippen LogP contribution in [0.2, 0.25) is 0 Å². The van der Waals surface area contributed by atoms with Crippen LogP contribution in [0.1, 0.15) is 18.1 Å². The molecule has 1 heterocycles. The molecule has 2 aromatic rings.